The van der Waals surface area contributed by atoms with E-state index in [1.807, 2.05) is 31.2 Å². The highest BCUT2D eigenvalue weighted by Crippen LogP contribution is 2.23. The largest absolute Gasteiger partial charge is 0.462 e. The Morgan fingerprint density at radius 3 is 2.61 bits per heavy atom. The number of piperidine rings is 1. The van der Waals surface area contributed by atoms with Gasteiger partial charge < -0.3 is 10.1 Å². The quantitative estimate of drug-likeness (QED) is 0.857. The number of carbonyl (C=O) groups excluding carboxylic acids is 1. The van der Waals surface area contributed by atoms with E-state index in [1.165, 1.54) is 24.8 Å². The Morgan fingerprint density at radius 2 is 2.06 bits per heavy atom. The fourth-order valence-electron chi connectivity index (χ4n) is 2.20. The minimum Gasteiger partial charge on any atom is -0.462 e. The van der Waals surface area contributed by atoms with Gasteiger partial charge >= 0.3 is 5.97 Å². The highest BCUT2D eigenvalue weighted by molar-refractivity contribution is 5.89. The molecule has 0 saturated carbocycles. The lowest BCUT2D eigenvalue weighted by molar-refractivity contribution is 0.0526. The number of hydrogen-bond acceptors (Lipinski definition) is 3. The Morgan fingerprint density at radius 1 is 1.33 bits per heavy atom. The van der Waals surface area contributed by atoms with Gasteiger partial charge in [0.2, 0.25) is 0 Å². The van der Waals surface area contributed by atoms with Crippen LogP contribution in [0.3, 0.4) is 0 Å². The maximum Gasteiger partial charge on any atom is 0.338 e. The van der Waals surface area contributed by atoms with Crippen LogP contribution in [0.25, 0.3) is 0 Å². The minimum absolute atomic E-state index is 0. The van der Waals surface area contributed by atoms with E-state index in [9.17, 15) is 4.79 Å². The highest BCUT2D eigenvalue weighted by atomic mass is 35.5. The first-order valence-electron chi connectivity index (χ1n) is 6.31. The van der Waals surface area contributed by atoms with Crippen molar-refractivity contribution in [2.24, 2.45) is 0 Å². The summed E-state index contributed by atoms with van der Waals surface area (Å²) in [5.41, 5.74) is 1.89. The summed E-state index contributed by atoms with van der Waals surface area (Å²) in [6, 6.07) is 8.19. The molecule has 4 heteroatoms. The van der Waals surface area contributed by atoms with Crippen molar-refractivity contribution in [3.63, 3.8) is 0 Å². The standard InChI is InChI=1S/C14H19NO2.ClH/c1-2-17-14(16)12-8-6-11(7-9-12)13-5-3-4-10-15-13;/h6-9,13,15H,2-5,10H2,1H3;1H. The van der Waals surface area contributed by atoms with E-state index < -0.39 is 0 Å². The van der Waals surface area contributed by atoms with Gasteiger partial charge in [0.15, 0.2) is 0 Å². The average molecular weight is 270 g/mol. The van der Waals surface area contributed by atoms with Gasteiger partial charge in [0.1, 0.15) is 0 Å². The highest BCUT2D eigenvalue weighted by Gasteiger charge is 2.15. The molecule has 1 unspecified atom stereocenters. The first-order valence-corrected chi connectivity index (χ1v) is 6.31. The number of nitrogens with one attached hydrogen (secondary N) is 1. The maximum absolute atomic E-state index is 11.5. The fraction of sp³-hybridized carbons (Fsp3) is 0.500. The van der Waals surface area contributed by atoms with Gasteiger partial charge in [0, 0.05) is 6.04 Å². The second-order valence-electron chi connectivity index (χ2n) is 4.34. The molecule has 1 aromatic rings. The van der Waals surface area contributed by atoms with Crippen LogP contribution in [0, 0.1) is 0 Å². The summed E-state index contributed by atoms with van der Waals surface area (Å²) in [6.45, 7) is 3.33. The molecule has 0 aromatic heterocycles. The molecule has 1 aliphatic rings. The van der Waals surface area contributed by atoms with Crippen LogP contribution in [0.2, 0.25) is 0 Å². The van der Waals surface area contributed by atoms with E-state index in [4.69, 9.17) is 4.74 Å². The Bertz CT molecular complexity index is 372. The zero-order valence-corrected chi connectivity index (χ0v) is 11.5. The van der Waals surface area contributed by atoms with Crippen molar-refractivity contribution < 1.29 is 9.53 Å². The molecule has 0 aliphatic carbocycles. The number of hydrogen-bond donors (Lipinski definition) is 1. The Hall–Kier alpha value is -1.06. The first kappa shape index (κ1) is 15.0. The van der Waals surface area contributed by atoms with Gasteiger partial charge in [-0.25, -0.2) is 4.79 Å². The summed E-state index contributed by atoms with van der Waals surface area (Å²) in [4.78, 5) is 11.5. The molecule has 0 bridgehead atoms. The molecule has 0 spiro atoms. The van der Waals surface area contributed by atoms with Gasteiger partial charge in [-0.2, -0.15) is 0 Å². The van der Waals surface area contributed by atoms with E-state index in [-0.39, 0.29) is 18.4 Å². The molecule has 0 radical (unpaired) electrons. The predicted molar refractivity (Wildman–Crippen MR) is 74.2 cm³/mol. The van der Waals surface area contributed by atoms with Crippen molar-refractivity contribution in [2.45, 2.75) is 32.2 Å². The third kappa shape index (κ3) is 3.72. The van der Waals surface area contributed by atoms with E-state index in [1.54, 1.807) is 0 Å². The molecule has 1 aliphatic heterocycles. The normalized spacial score (nSPS) is 18.8. The maximum atomic E-state index is 11.5. The molecule has 1 fully saturated rings. The van der Waals surface area contributed by atoms with Gasteiger partial charge in [-0.3, -0.25) is 0 Å². The zero-order valence-electron chi connectivity index (χ0n) is 10.6. The third-order valence-corrected chi connectivity index (χ3v) is 3.13. The lowest BCUT2D eigenvalue weighted by Gasteiger charge is -2.23. The van der Waals surface area contributed by atoms with Gasteiger partial charge in [-0.05, 0) is 44.0 Å². The molecule has 0 amide bonds. The molecule has 2 rings (SSSR count). The van der Waals surface area contributed by atoms with Crippen LogP contribution in [0.5, 0.6) is 0 Å². The molecule has 18 heavy (non-hydrogen) atoms. The summed E-state index contributed by atoms with van der Waals surface area (Å²) < 4.78 is 4.96. The molecule has 1 atom stereocenters. The SMILES string of the molecule is CCOC(=O)c1ccc(C2CCCCN2)cc1.Cl. The second kappa shape index (κ2) is 7.39. The van der Waals surface area contributed by atoms with Crippen LogP contribution < -0.4 is 5.32 Å². The van der Waals surface area contributed by atoms with Crippen molar-refractivity contribution in [1.82, 2.24) is 5.32 Å². The molecule has 100 valence electrons. The van der Waals surface area contributed by atoms with Gasteiger partial charge in [0.05, 0.1) is 12.2 Å². The molecule has 3 nitrogen and oxygen atoms in total. The van der Waals surface area contributed by atoms with E-state index >= 15 is 0 Å². The van der Waals surface area contributed by atoms with E-state index in [0.29, 0.717) is 18.2 Å². The molecular formula is C14H20ClNO2. The zero-order chi connectivity index (χ0) is 12.1. The van der Waals surface area contributed by atoms with Gasteiger partial charge in [-0.1, -0.05) is 18.6 Å². The summed E-state index contributed by atoms with van der Waals surface area (Å²) in [5.74, 6) is -0.240. The van der Waals surface area contributed by atoms with Crippen molar-refractivity contribution >= 4 is 18.4 Å². The first-order chi connectivity index (χ1) is 8.31. The molecule has 1 heterocycles. The Kier molecular flexibility index (Phi) is 6.16. The number of ether oxygens (including phenoxy) is 1. The predicted octanol–water partition coefficient (Wildman–Crippen LogP) is 3.10. The van der Waals surface area contributed by atoms with Gasteiger partial charge in [0.25, 0.3) is 0 Å². The summed E-state index contributed by atoms with van der Waals surface area (Å²) in [5, 5.41) is 3.49. The van der Waals surface area contributed by atoms with E-state index in [2.05, 4.69) is 5.32 Å². The topological polar surface area (TPSA) is 38.3 Å². The fourth-order valence-corrected chi connectivity index (χ4v) is 2.20. The summed E-state index contributed by atoms with van der Waals surface area (Å²) >= 11 is 0. The molecule has 1 saturated heterocycles. The lowest BCUT2D eigenvalue weighted by atomic mass is 9.97. The van der Waals surface area contributed by atoms with Crippen LogP contribution in [0.15, 0.2) is 24.3 Å². The van der Waals surface area contributed by atoms with Crippen LogP contribution in [-0.2, 0) is 4.74 Å². The van der Waals surface area contributed by atoms with Crippen molar-refractivity contribution in [1.29, 1.82) is 0 Å². The lowest BCUT2D eigenvalue weighted by Crippen LogP contribution is -2.26. The van der Waals surface area contributed by atoms with Crippen LogP contribution in [-0.4, -0.2) is 19.1 Å². The van der Waals surface area contributed by atoms with Crippen molar-refractivity contribution in [3.8, 4) is 0 Å². The average Bonchev–Trinajstić information content (AvgIpc) is 2.40. The number of halogens is 1. The Labute approximate surface area is 114 Å². The van der Waals surface area contributed by atoms with Crippen LogP contribution >= 0.6 is 12.4 Å². The summed E-state index contributed by atoms with van der Waals surface area (Å²) in [7, 11) is 0. The summed E-state index contributed by atoms with van der Waals surface area (Å²) in [6.07, 6.45) is 3.72. The van der Waals surface area contributed by atoms with Gasteiger partial charge in [-0.15, -0.1) is 12.4 Å². The molecule has 1 N–H and O–H groups in total. The minimum atomic E-state index is -0.240. The Balaban J connectivity index is 0.00000162. The number of rotatable bonds is 3. The van der Waals surface area contributed by atoms with E-state index in [0.717, 1.165) is 6.54 Å². The van der Waals surface area contributed by atoms with Crippen molar-refractivity contribution in [3.05, 3.63) is 35.4 Å². The third-order valence-electron chi connectivity index (χ3n) is 3.13. The molecule has 1 aromatic carbocycles. The van der Waals surface area contributed by atoms with Crippen molar-refractivity contribution in [2.75, 3.05) is 13.2 Å². The monoisotopic (exact) mass is 269 g/mol. The second-order valence-corrected chi connectivity index (χ2v) is 4.34. The molecular weight excluding hydrogens is 250 g/mol. The smallest absolute Gasteiger partial charge is 0.338 e. The van der Waals surface area contributed by atoms with Crippen LogP contribution in [0.4, 0.5) is 0 Å². The number of esters is 1. The number of carbonyl (C=O) groups is 1. The van der Waals surface area contributed by atoms with Crippen LogP contribution in [0.1, 0.15) is 48.1 Å². The number of benzene rings is 1.